The summed E-state index contributed by atoms with van der Waals surface area (Å²) in [7, 11) is -2.01. The number of aryl methyl sites for hydroxylation is 1. The molecule has 0 saturated heterocycles. The average molecular weight is 331 g/mol. The molecule has 0 aliphatic heterocycles. The predicted molar refractivity (Wildman–Crippen MR) is 81.5 cm³/mol. The molecule has 108 valence electrons. The lowest BCUT2D eigenvalue weighted by Crippen LogP contribution is -2.27. The Morgan fingerprint density at radius 2 is 2.05 bits per heavy atom. The van der Waals surface area contributed by atoms with Crippen LogP contribution in [0.4, 0.5) is 0 Å². The van der Waals surface area contributed by atoms with Crippen molar-refractivity contribution in [2.45, 2.75) is 24.2 Å². The molecule has 1 heterocycles. The molecular formula is C13H15ClN2O2S2. The number of alkyl halides is 1. The lowest BCUT2D eigenvalue weighted by molar-refractivity contribution is 0.462. The Balaban J connectivity index is 2.29. The summed E-state index contributed by atoms with van der Waals surface area (Å²) in [6.45, 7) is 2.15. The molecule has 7 heteroatoms. The Kier molecular flexibility index (Phi) is 4.80. The van der Waals surface area contributed by atoms with Crippen molar-refractivity contribution in [3.63, 3.8) is 0 Å². The van der Waals surface area contributed by atoms with Gasteiger partial charge in [-0.3, -0.25) is 0 Å². The first-order valence-corrected chi connectivity index (χ1v) is 8.82. The van der Waals surface area contributed by atoms with Gasteiger partial charge in [0.1, 0.15) is 0 Å². The van der Waals surface area contributed by atoms with Crippen LogP contribution in [0.1, 0.15) is 16.3 Å². The van der Waals surface area contributed by atoms with Gasteiger partial charge in [-0.1, -0.05) is 18.2 Å². The van der Waals surface area contributed by atoms with Crippen LogP contribution in [0.15, 0.2) is 34.5 Å². The van der Waals surface area contributed by atoms with Crippen LogP contribution in [0.3, 0.4) is 0 Å². The second-order valence-electron chi connectivity index (χ2n) is 4.36. The van der Waals surface area contributed by atoms with Gasteiger partial charge in [0.15, 0.2) is 0 Å². The van der Waals surface area contributed by atoms with Gasteiger partial charge in [-0.2, -0.15) is 4.31 Å². The average Bonchev–Trinajstić information content (AvgIpc) is 2.84. The van der Waals surface area contributed by atoms with Crippen molar-refractivity contribution < 1.29 is 8.42 Å². The lowest BCUT2D eigenvalue weighted by atomic mass is 10.2. The van der Waals surface area contributed by atoms with Gasteiger partial charge < -0.3 is 0 Å². The van der Waals surface area contributed by atoms with Crippen molar-refractivity contribution in [1.29, 1.82) is 0 Å². The third kappa shape index (κ3) is 3.20. The number of halogens is 1. The molecule has 0 unspecified atom stereocenters. The molecule has 2 aromatic rings. The van der Waals surface area contributed by atoms with Crippen molar-refractivity contribution in [1.82, 2.24) is 9.29 Å². The molecule has 0 fully saturated rings. The summed E-state index contributed by atoms with van der Waals surface area (Å²) in [6, 6.07) is 6.78. The molecule has 1 aromatic carbocycles. The monoisotopic (exact) mass is 330 g/mol. The molecule has 0 atom stereocenters. The van der Waals surface area contributed by atoms with E-state index in [-0.39, 0.29) is 17.3 Å². The van der Waals surface area contributed by atoms with Gasteiger partial charge in [-0.15, -0.1) is 22.9 Å². The maximum atomic E-state index is 12.6. The Morgan fingerprint density at radius 1 is 1.35 bits per heavy atom. The quantitative estimate of drug-likeness (QED) is 0.792. The molecule has 1 aromatic heterocycles. The number of rotatable bonds is 5. The minimum atomic E-state index is -3.56. The maximum absolute atomic E-state index is 12.6. The Bertz CT molecular complexity index is 698. The van der Waals surface area contributed by atoms with Crippen molar-refractivity contribution in [2.24, 2.45) is 0 Å². The molecule has 0 amide bonds. The summed E-state index contributed by atoms with van der Waals surface area (Å²) in [5.74, 6) is 0.166. The number of sulfonamides is 1. The fourth-order valence-electron chi connectivity index (χ4n) is 1.83. The number of hydrogen-bond donors (Lipinski definition) is 0. The molecule has 20 heavy (non-hydrogen) atoms. The van der Waals surface area contributed by atoms with Crippen LogP contribution in [0, 0.1) is 6.92 Å². The predicted octanol–water partition coefficient (Wildman–Crippen LogP) is 3.01. The van der Waals surface area contributed by atoms with Crippen LogP contribution in [-0.2, 0) is 22.4 Å². The zero-order chi connectivity index (χ0) is 14.8. The second-order valence-corrected chi connectivity index (χ2v) is 7.70. The summed E-state index contributed by atoms with van der Waals surface area (Å²) in [6.07, 6.45) is 0. The van der Waals surface area contributed by atoms with Gasteiger partial charge in [0.2, 0.25) is 10.0 Å². The Hall–Kier alpha value is -0.950. The molecule has 2 rings (SSSR count). The van der Waals surface area contributed by atoms with Crippen LogP contribution in [0.2, 0.25) is 0 Å². The minimum absolute atomic E-state index is 0.166. The molecule has 0 saturated carbocycles. The molecule has 4 nitrogen and oxygen atoms in total. The van der Waals surface area contributed by atoms with Gasteiger partial charge in [-0.05, 0) is 18.6 Å². The third-order valence-electron chi connectivity index (χ3n) is 2.86. The van der Waals surface area contributed by atoms with Crippen molar-refractivity contribution >= 4 is 33.0 Å². The van der Waals surface area contributed by atoms with E-state index in [4.69, 9.17) is 11.6 Å². The highest BCUT2D eigenvalue weighted by Gasteiger charge is 2.24. The molecule has 0 radical (unpaired) electrons. The number of thiazole rings is 1. The summed E-state index contributed by atoms with van der Waals surface area (Å²) in [4.78, 5) is 4.54. The largest absolute Gasteiger partial charge is 0.245 e. The highest BCUT2D eigenvalue weighted by Crippen LogP contribution is 2.22. The van der Waals surface area contributed by atoms with Gasteiger partial charge in [0.25, 0.3) is 0 Å². The first-order chi connectivity index (χ1) is 9.45. The van der Waals surface area contributed by atoms with Crippen LogP contribution in [0.25, 0.3) is 0 Å². The molecule has 0 aliphatic rings. The topological polar surface area (TPSA) is 50.3 Å². The van der Waals surface area contributed by atoms with E-state index < -0.39 is 10.0 Å². The Morgan fingerprint density at radius 3 is 2.65 bits per heavy atom. The fourth-order valence-corrected chi connectivity index (χ4v) is 4.10. The third-order valence-corrected chi connectivity index (χ3v) is 5.87. The number of aromatic nitrogens is 1. The van der Waals surface area contributed by atoms with Gasteiger partial charge in [0, 0.05) is 18.3 Å². The maximum Gasteiger partial charge on any atom is 0.243 e. The van der Waals surface area contributed by atoms with Crippen LogP contribution in [0.5, 0.6) is 0 Å². The molecule has 0 N–H and O–H groups in total. The highest BCUT2D eigenvalue weighted by atomic mass is 35.5. The minimum Gasteiger partial charge on any atom is -0.245 e. The van der Waals surface area contributed by atoms with E-state index in [1.165, 1.54) is 15.6 Å². The summed E-state index contributed by atoms with van der Waals surface area (Å²) in [5, 5.41) is 2.79. The Labute approximate surface area is 128 Å². The standard InChI is InChI=1S/C13H15ClN2O2S2/c1-10-15-12(9-19-10)8-16(2)20(17,18)13-6-4-3-5-11(13)7-14/h3-6,9H,7-8H2,1-2H3. The number of benzene rings is 1. The van der Waals surface area contributed by atoms with Crippen LogP contribution < -0.4 is 0 Å². The normalized spacial score (nSPS) is 12.0. The van der Waals surface area contributed by atoms with Crippen LogP contribution >= 0.6 is 22.9 Å². The fraction of sp³-hybridized carbons (Fsp3) is 0.308. The van der Waals surface area contributed by atoms with Gasteiger partial charge >= 0.3 is 0 Å². The first-order valence-electron chi connectivity index (χ1n) is 5.96. The summed E-state index contributed by atoms with van der Waals surface area (Å²) < 4.78 is 26.4. The molecular weight excluding hydrogens is 316 g/mol. The van der Waals surface area contributed by atoms with E-state index in [1.54, 1.807) is 31.3 Å². The zero-order valence-corrected chi connectivity index (χ0v) is 13.6. The van der Waals surface area contributed by atoms with Crippen molar-refractivity contribution in [3.05, 3.63) is 45.9 Å². The smallest absolute Gasteiger partial charge is 0.243 e. The van der Waals surface area contributed by atoms with Gasteiger partial charge in [0.05, 0.1) is 22.1 Å². The van der Waals surface area contributed by atoms with E-state index in [1.807, 2.05) is 12.3 Å². The molecule has 0 bridgehead atoms. The van der Waals surface area contributed by atoms with Crippen molar-refractivity contribution in [3.8, 4) is 0 Å². The van der Waals surface area contributed by atoms with E-state index in [9.17, 15) is 8.42 Å². The number of nitrogens with zero attached hydrogens (tertiary/aromatic N) is 2. The second kappa shape index (κ2) is 6.22. The van der Waals surface area contributed by atoms with E-state index in [0.29, 0.717) is 5.56 Å². The summed E-state index contributed by atoms with van der Waals surface area (Å²) >= 11 is 7.32. The van der Waals surface area contributed by atoms with E-state index in [2.05, 4.69) is 4.98 Å². The SMILES string of the molecule is Cc1nc(CN(C)S(=O)(=O)c2ccccc2CCl)cs1. The molecule has 0 aliphatic carbocycles. The van der Waals surface area contributed by atoms with Gasteiger partial charge in [-0.25, -0.2) is 13.4 Å². The van der Waals surface area contributed by atoms with E-state index in [0.717, 1.165) is 10.7 Å². The lowest BCUT2D eigenvalue weighted by Gasteiger charge is -2.17. The summed E-state index contributed by atoms with van der Waals surface area (Å²) in [5.41, 5.74) is 1.36. The van der Waals surface area contributed by atoms with E-state index >= 15 is 0 Å². The zero-order valence-electron chi connectivity index (χ0n) is 11.2. The number of hydrogen-bond acceptors (Lipinski definition) is 4. The first kappa shape index (κ1) is 15.4. The van der Waals surface area contributed by atoms with Crippen LogP contribution in [-0.4, -0.2) is 24.8 Å². The highest BCUT2D eigenvalue weighted by molar-refractivity contribution is 7.89. The van der Waals surface area contributed by atoms with Crippen molar-refractivity contribution in [2.75, 3.05) is 7.05 Å². The molecule has 0 spiro atoms.